The molecule has 6 heteroatoms. The smallest absolute Gasteiger partial charge is 0.283 e. The first kappa shape index (κ1) is 18.9. The van der Waals surface area contributed by atoms with Gasteiger partial charge in [-0.05, 0) is 74.8 Å². The van der Waals surface area contributed by atoms with E-state index in [1.165, 1.54) is 49.8 Å². The molecule has 1 aromatic carbocycles. The minimum atomic E-state index is -0.0415. The lowest BCUT2D eigenvalue weighted by Crippen LogP contribution is -2.45. The number of hydrogen-bond donors (Lipinski definition) is 1. The monoisotopic (exact) mass is 424 g/mol. The molecule has 2 atom stereocenters. The summed E-state index contributed by atoms with van der Waals surface area (Å²) in [5.74, 6) is 2.47. The summed E-state index contributed by atoms with van der Waals surface area (Å²) in [5, 5.41) is 7.71. The Morgan fingerprint density at radius 3 is 2.40 bits per heavy atom. The fraction of sp³-hybridized carbons (Fsp3) is 0.583. The molecule has 0 radical (unpaired) electrons. The topological polar surface area (TPSA) is 50.2 Å². The van der Waals surface area contributed by atoms with Crippen LogP contribution in [0.15, 0.2) is 24.3 Å². The predicted molar refractivity (Wildman–Crippen MR) is 117 cm³/mol. The molecule has 1 aliphatic heterocycles. The number of para-hydroxylation sites is 1. The first-order valence-corrected chi connectivity index (χ1v) is 12.0. The summed E-state index contributed by atoms with van der Waals surface area (Å²) in [4.78, 5) is 13.4. The third-order valence-electron chi connectivity index (χ3n) is 7.80. The molecule has 2 unspecified atom stereocenters. The lowest BCUT2D eigenvalue weighted by molar-refractivity contribution is 0.0741. The third-order valence-corrected chi connectivity index (χ3v) is 8.12. The molecule has 5 nitrogen and oxygen atoms in total. The minimum Gasteiger partial charge on any atom is -0.283 e. The number of benzene rings is 1. The van der Waals surface area contributed by atoms with E-state index in [2.05, 4.69) is 10.4 Å². The van der Waals surface area contributed by atoms with Crippen LogP contribution in [-0.4, -0.2) is 33.8 Å². The molecule has 158 valence electrons. The first-order valence-electron chi connectivity index (χ1n) is 11.6. The van der Waals surface area contributed by atoms with Gasteiger partial charge in [-0.25, -0.2) is 9.69 Å². The molecule has 2 heterocycles. The summed E-state index contributed by atoms with van der Waals surface area (Å²) in [6.45, 7) is 1.85. The summed E-state index contributed by atoms with van der Waals surface area (Å²) in [6.07, 6.45) is 9.76. The molecule has 2 aromatic rings. The van der Waals surface area contributed by atoms with Crippen LogP contribution in [0.2, 0.25) is 5.02 Å². The number of rotatable bonds is 3. The average molecular weight is 425 g/mol. The molecule has 3 fully saturated rings. The van der Waals surface area contributed by atoms with E-state index < -0.39 is 0 Å². The summed E-state index contributed by atoms with van der Waals surface area (Å²) < 4.78 is 2.02. The van der Waals surface area contributed by atoms with Crippen molar-refractivity contribution in [1.82, 2.24) is 20.2 Å². The highest BCUT2D eigenvalue weighted by atomic mass is 35.5. The fourth-order valence-electron chi connectivity index (χ4n) is 6.73. The second kappa shape index (κ2) is 7.38. The lowest BCUT2D eigenvalue weighted by Gasteiger charge is -2.38. The van der Waals surface area contributed by atoms with Crippen LogP contribution in [0.3, 0.4) is 0 Å². The lowest BCUT2D eigenvalue weighted by atomic mass is 9.67. The SMILES string of the molecule is O=C(NN1CCCCC1)c1nn(-c2ccccc2Cl)c2c1C1CC3CC(C1)CC2C3. The zero-order valence-electron chi connectivity index (χ0n) is 17.3. The maximum absolute atomic E-state index is 13.4. The van der Waals surface area contributed by atoms with E-state index in [1.807, 2.05) is 28.9 Å². The Balaban J connectivity index is 1.47. The van der Waals surface area contributed by atoms with E-state index in [4.69, 9.17) is 16.7 Å². The van der Waals surface area contributed by atoms with E-state index in [1.54, 1.807) is 0 Å². The normalized spacial score (nSPS) is 30.2. The van der Waals surface area contributed by atoms with E-state index in [9.17, 15) is 4.79 Å². The standard InChI is InChI=1S/C24H29ClN4O/c25-19-6-2-3-7-20(19)29-23-18-13-15-10-16(14-18)12-17(11-15)21(23)22(26-29)24(30)27-28-8-4-1-5-9-28/h2-3,6-7,15-18H,1,4-5,8-14H2,(H,27,30). The van der Waals surface area contributed by atoms with Gasteiger partial charge in [0.25, 0.3) is 5.91 Å². The first-order chi connectivity index (χ1) is 14.7. The molecule has 4 bridgehead atoms. The predicted octanol–water partition coefficient (Wildman–Crippen LogP) is 5.05. The summed E-state index contributed by atoms with van der Waals surface area (Å²) in [6, 6.07) is 7.89. The molecule has 30 heavy (non-hydrogen) atoms. The minimum absolute atomic E-state index is 0.0415. The molecule has 4 aliphatic carbocycles. The molecule has 2 saturated carbocycles. The van der Waals surface area contributed by atoms with Crippen molar-refractivity contribution in [2.45, 2.75) is 63.2 Å². The molecule has 7 rings (SSSR count). The Morgan fingerprint density at radius 2 is 1.67 bits per heavy atom. The van der Waals surface area contributed by atoms with Gasteiger partial charge >= 0.3 is 0 Å². The van der Waals surface area contributed by atoms with Gasteiger partial charge in [-0.1, -0.05) is 30.2 Å². The van der Waals surface area contributed by atoms with E-state index in [0.29, 0.717) is 22.6 Å². The Labute approximate surface area is 182 Å². The highest BCUT2D eigenvalue weighted by Gasteiger charge is 2.46. The number of nitrogens with zero attached hydrogens (tertiary/aromatic N) is 3. The number of halogens is 1. The van der Waals surface area contributed by atoms with Crippen LogP contribution in [0.25, 0.3) is 5.69 Å². The van der Waals surface area contributed by atoms with Crippen molar-refractivity contribution in [3.8, 4) is 5.69 Å². The average Bonchev–Trinajstić information content (AvgIpc) is 3.06. The van der Waals surface area contributed by atoms with E-state index in [0.717, 1.165) is 43.5 Å². The van der Waals surface area contributed by atoms with Crippen molar-refractivity contribution < 1.29 is 4.79 Å². The molecule has 1 N–H and O–H groups in total. The van der Waals surface area contributed by atoms with Gasteiger partial charge in [-0.2, -0.15) is 5.10 Å². The molecule has 1 saturated heterocycles. The zero-order chi connectivity index (χ0) is 20.2. The van der Waals surface area contributed by atoms with Crippen LogP contribution in [0.4, 0.5) is 0 Å². The van der Waals surface area contributed by atoms with Gasteiger partial charge in [-0.3, -0.25) is 10.2 Å². The highest BCUT2D eigenvalue weighted by molar-refractivity contribution is 6.32. The van der Waals surface area contributed by atoms with Crippen molar-refractivity contribution >= 4 is 17.5 Å². The number of carbonyl (C=O) groups excluding carboxylic acids is 1. The van der Waals surface area contributed by atoms with Crippen molar-refractivity contribution in [3.05, 3.63) is 46.2 Å². The van der Waals surface area contributed by atoms with Crippen LogP contribution in [0.1, 0.15) is 84.9 Å². The van der Waals surface area contributed by atoms with E-state index in [-0.39, 0.29) is 5.91 Å². The van der Waals surface area contributed by atoms with Crippen LogP contribution in [0, 0.1) is 11.8 Å². The molecule has 1 aromatic heterocycles. The van der Waals surface area contributed by atoms with Crippen LogP contribution in [0.5, 0.6) is 0 Å². The number of carbonyl (C=O) groups is 1. The summed E-state index contributed by atoms with van der Waals surface area (Å²) in [5.41, 5.74) is 7.19. The van der Waals surface area contributed by atoms with Crippen molar-refractivity contribution in [1.29, 1.82) is 0 Å². The maximum atomic E-state index is 13.4. The molecule has 1 amide bonds. The number of piperidine rings is 1. The quantitative estimate of drug-likeness (QED) is 0.750. The van der Waals surface area contributed by atoms with Crippen LogP contribution in [-0.2, 0) is 0 Å². The third kappa shape index (κ3) is 3.09. The van der Waals surface area contributed by atoms with Crippen LogP contribution >= 0.6 is 11.6 Å². The molecular formula is C24H29ClN4O. The largest absolute Gasteiger partial charge is 0.286 e. The Hall–Kier alpha value is -1.85. The van der Waals surface area contributed by atoms with Gasteiger partial charge in [0.1, 0.15) is 0 Å². The highest BCUT2D eigenvalue weighted by Crippen LogP contribution is 2.57. The van der Waals surface area contributed by atoms with Crippen molar-refractivity contribution in [2.24, 2.45) is 11.8 Å². The number of hydrazine groups is 1. The Kier molecular flexibility index (Phi) is 4.65. The van der Waals surface area contributed by atoms with Gasteiger partial charge in [0.15, 0.2) is 5.69 Å². The fourth-order valence-corrected chi connectivity index (χ4v) is 6.94. The second-order valence-corrected chi connectivity index (χ2v) is 10.2. The van der Waals surface area contributed by atoms with Gasteiger partial charge < -0.3 is 0 Å². The number of hydrogen-bond acceptors (Lipinski definition) is 3. The van der Waals surface area contributed by atoms with Crippen molar-refractivity contribution in [3.63, 3.8) is 0 Å². The van der Waals surface area contributed by atoms with Gasteiger partial charge in [0.05, 0.1) is 16.4 Å². The Morgan fingerprint density at radius 1 is 0.967 bits per heavy atom. The number of aromatic nitrogens is 2. The van der Waals surface area contributed by atoms with Gasteiger partial charge in [0.2, 0.25) is 0 Å². The van der Waals surface area contributed by atoms with E-state index >= 15 is 0 Å². The number of nitrogens with one attached hydrogen (secondary N) is 1. The van der Waals surface area contributed by atoms with Crippen molar-refractivity contribution in [2.75, 3.05) is 13.1 Å². The Bertz CT molecular complexity index is 966. The molecular weight excluding hydrogens is 396 g/mol. The van der Waals surface area contributed by atoms with Gasteiger partial charge in [0, 0.05) is 24.6 Å². The van der Waals surface area contributed by atoms with Gasteiger partial charge in [-0.15, -0.1) is 0 Å². The number of amides is 1. The second-order valence-electron chi connectivity index (χ2n) is 9.80. The molecule has 5 aliphatic rings. The maximum Gasteiger partial charge on any atom is 0.286 e. The zero-order valence-corrected chi connectivity index (χ0v) is 18.1. The summed E-state index contributed by atoms with van der Waals surface area (Å²) in [7, 11) is 0. The van der Waals surface area contributed by atoms with Crippen LogP contribution < -0.4 is 5.43 Å². The summed E-state index contributed by atoms with van der Waals surface area (Å²) >= 11 is 6.60. The molecule has 0 spiro atoms.